The second-order valence-corrected chi connectivity index (χ2v) is 6.22. The van der Waals surface area contributed by atoms with Gasteiger partial charge in [0.25, 0.3) is 0 Å². The average Bonchev–Trinajstić information content (AvgIpc) is 2.99. The molecule has 0 atom stereocenters. The molecule has 0 aliphatic heterocycles. The number of hydrogen-bond donors (Lipinski definition) is 1. The Hall–Kier alpha value is -2.86. The van der Waals surface area contributed by atoms with Gasteiger partial charge in [0.2, 0.25) is 0 Å². The quantitative estimate of drug-likeness (QED) is 0.539. The monoisotopic (exact) mass is 355 g/mol. The topological polar surface area (TPSA) is 68.1 Å². The van der Waals surface area contributed by atoms with Crippen LogP contribution in [0.1, 0.15) is 22.8 Å². The SMILES string of the molecule is CCOC(=O)c1c(N=Cc2ccc(O)c(OC)c2)sc2ccccc12. The highest BCUT2D eigenvalue weighted by Crippen LogP contribution is 2.38. The smallest absolute Gasteiger partial charge is 0.341 e. The molecular weight excluding hydrogens is 338 g/mol. The Morgan fingerprint density at radius 2 is 2.08 bits per heavy atom. The first-order valence-electron chi connectivity index (χ1n) is 7.73. The Morgan fingerprint density at radius 3 is 2.84 bits per heavy atom. The molecule has 25 heavy (non-hydrogen) atoms. The van der Waals surface area contributed by atoms with E-state index in [0.717, 1.165) is 15.6 Å². The summed E-state index contributed by atoms with van der Waals surface area (Å²) in [6, 6.07) is 12.6. The number of hydrogen-bond acceptors (Lipinski definition) is 6. The van der Waals surface area contributed by atoms with Crippen molar-refractivity contribution in [2.24, 2.45) is 4.99 Å². The number of thiophene rings is 1. The van der Waals surface area contributed by atoms with Crippen LogP contribution in [0, 0.1) is 0 Å². The number of aliphatic imine (C=N–C) groups is 1. The van der Waals surface area contributed by atoms with Crippen LogP contribution >= 0.6 is 11.3 Å². The fourth-order valence-electron chi connectivity index (χ4n) is 2.43. The number of rotatable bonds is 5. The number of methoxy groups -OCH3 is 1. The number of benzene rings is 2. The van der Waals surface area contributed by atoms with Gasteiger partial charge in [-0.3, -0.25) is 0 Å². The van der Waals surface area contributed by atoms with Crippen molar-refractivity contribution < 1.29 is 19.4 Å². The second-order valence-electron chi connectivity index (χ2n) is 5.19. The summed E-state index contributed by atoms with van der Waals surface area (Å²) in [5.41, 5.74) is 1.23. The number of phenolic OH excluding ortho intramolecular Hbond substituents is 1. The molecule has 0 aliphatic carbocycles. The molecule has 0 spiro atoms. The van der Waals surface area contributed by atoms with Crippen molar-refractivity contribution in [2.75, 3.05) is 13.7 Å². The van der Waals surface area contributed by atoms with E-state index in [1.807, 2.05) is 24.3 Å². The highest BCUT2D eigenvalue weighted by Gasteiger charge is 2.19. The standard InChI is InChI=1S/C19H17NO4S/c1-3-24-19(22)17-13-6-4-5-7-16(13)25-18(17)20-11-12-8-9-14(21)15(10-12)23-2/h4-11,21H,3H2,1-2H3. The zero-order valence-corrected chi connectivity index (χ0v) is 14.7. The summed E-state index contributed by atoms with van der Waals surface area (Å²) in [4.78, 5) is 16.8. The maximum absolute atomic E-state index is 12.4. The van der Waals surface area contributed by atoms with Crippen molar-refractivity contribution in [1.82, 2.24) is 0 Å². The Kier molecular flexibility index (Phi) is 5.00. The van der Waals surface area contributed by atoms with Gasteiger partial charge >= 0.3 is 5.97 Å². The van der Waals surface area contributed by atoms with Gasteiger partial charge in [0.15, 0.2) is 11.5 Å². The molecule has 1 N–H and O–H groups in total. The van der Waals surface area contributed by atoms with E-state index in [4.69, 9.17) is 9.47 Å². The summed E-state index contributed by atoms with van der Waals surface area (Å²) in [6.07, 6.45) is 1.63. The van der Waals surface area contributed by atoms with Gasteiger partial charge in [0.1, 0.15) is 10.6 Å². The lowest BCUT2D eigenvalue weighted by Gasteiger charge is -2.04. The molecule has 0 bridgehead atoms. The summed E-state index contributed by atoms with van der Waals surface area (Å²) in [7, 11) is 1.49. The van der Waals surface area contributed by atoms with Gasteiger partial charge in [-0.2, -0.15) is 0 Å². The third kappa shape index (κ3) is 3.49. The minimum Gasteiger partial charge on any atom is -0.504 e. The van der Waals surface area contributed by atoms with Gasteiger partial charge in [-0.25, -0.2) is 9.79 Å². The van der Waals surface area contributed by atoms with Gasteiger partial charge in [-0.15, -0.1) is 11.3 Å². The van der Waals surface area contributed by atoms with Gasteiger partial charge in [0.05, 0.1) is 13.7 Å². The van der Waals surface area contributed by atoms with Crippen molar-refractivity contribution in [1.29, 1.82) is 0 Å². The molecule has 3 rings (SSSR count). The molecule has 0 aliphatic rings. The minimum absolute atomic E-state index is 0.0636. The minimum atomic E-state index is -0.379. The van der Waals surface area contributed by atoms with Crippen LogP contribution in [0.25, 0.3) is 10.1 Å². The van der Waals surface area contributed by atoms with Crippen molar-refractivity contribution in [3.05, 3.63) is 53.6 Å². The van der Waals surface area contributed by atoms with Crippen LogP contribution in [0.4, 0.5) is 5.00 Å². The lowest BCUT2D eigenvalue weighted by molar-refractivity contribution is 0.0530. The molecule has 128 valence electrons. The molecule has 5 nitrogen and oxygen atoms in total. The van der Waals surface area contributed by atoms with Crippen molar-refractivity contribution >= 4 is 38.6 Å². The molecule has 0 unspecified atom stereocenters. The summed E-state index contributed by atoms with van der Waals surface area (Å²) in [5, 5.41) is 11.1. The largest absolute Gasteiger partial charge is 0.504 e. The first kappa shape index (κ1) is 17.0. The first-order valence-corrected chi connectivity index (χ1v) is 8.55. The van der Waals surface area contributed by atoms with E-state index >= 15 is 0 Å². The Bertz CT molecular complexity index is 946. The number of aromatic hydroxyl groups is 1. The van der Waals surface area contributed by atoms with E-state index in [9.17, 15) is 9.90 Å². The lowest BCUT2D eigenvalue weighted by Crippen LogP contribution is -2.03. The van der Waals surface area contributed by atoms with E-state index in [-0.39, 0.29) is 11.7 Å². The Labute approximate surface area is 149 Å². The van der Waals surface area contributed by atoms with Crippen LogP contribution in [0.2, 0.25) is 0 Å². The number of phenols is 1. The average molecular weight is 355 g/mol. The van der Waals surface area contributed by atoms with E-state index in [2.05, 4.69) is 4.99 Å². The van der Waals surface area contributed by atoms with Crippen molar-refractivity contribution in [3.63, 3.8) is 0 Å². The molecule has 0 amide bonds. The molecular formula is C19H17NO4S. The van der Waals surface area contributed by atoms with Crippen LogP contribution in [0.3, 0.4) is 0 Å². The first-order chi connectivity index (χ1) is 12.1. The Morgan fingerprint density at radius 1 is 1.28 bits per heavy atom. The number of ether oxygens (including phenoxy) is 2. The molecule has 0 radical (unpaired) electrons. The molecule has 3 aromatic rings. The van der Waals surface area contributed by atoms with Gasteiger partial charge in [-0.1, -0.05) is 18.2 Å². The number of esters is 1. The van der Waals surface area contributed by atoms with Gasteiger partial charge in [-0.05, 0) is 36.8 Å². The van der Waals surface area contributed by atoms with Gasteiger partial charge < -0.3 is 14.6 Å². The normalized spacial score (nSPS) is 11.1. The second kappa shape index (κ2) is 7.36. The van der Waals surface area contributed by atoms with Crippen LogP contribution in [0.15, 0.2) is 47.5 Å². The predicted molar refractivity (Wildman–Crippen MR) is 99.7 cm³/mol. The summed E-state index contributed by atoms with van der Waals surface area (Å²) < 4.78 is 11.2. The van der Waals surface area contributed by atoms with Crippen molar-refractivity contribution in [3.8, 4) is 11.5 Å². The third-order valence-electron chi connectivity index (χ3n) is 3.59. The van der Waals surface area contributed by atoms with Crippen LogP contribution in [-0.2, 0) is 4.74 Å². The van der Waals surface area contributed by atoms with E-state index in [0.29, 0.717) is 22.9 Å². The lowest BCUT2D eigenvalue weighted by atomic mass is 10.1. The molecule has 6 heteroatoms. The Balaban J connectivity index is 2.03. The van der Waals surface area contributed by atoms with Crippen molar-refractivity contribution in [2.45, 2.75) is 6.92 Å². The maximum Gasteiger partial charge on any atom is 0.341 e. The fraction of sp³-hybridized carbons (Fsp3) is 0.158. The maximum atomic E-state index is 12.4. The number of fused-ring (bicyclic) bond motifs is 1. The number of nitrogens with zero attached hydrogens (tertiary/aromatic N) is 1. The zero-order valence-electron chi connectivity index (χ0n) is 13.9. The van der Waals surface area contributed by atoms with Gasteiger partial charge in [0, 0.05) is 16.3 Å². The molecule has 0 fully saturated rings. The predicted octanol–water partition coefficient (Wildman–Crippen LogP) is 4.54. The molecule has 1 heterocycles. The van der Waals surface area contributed by atoms with E-state index < -0.39 is 0 Å². The highest BCUT2D eigenvalue weighted by molar-refractivity contribution is 7.23. The zero-order chi connectivity index (χ0) is 17.8. The van der Waals surface area contributed by atoms with Crippen LogP contribution in [-0.4, -0.2) is 31.0 Å². The molecule has 0 saturated carbocycles. The summed E-state index contributed by atoms with van der Waals surface area (Å²) in [5.74, 6) is 0.0509. The van der Waals surface area contributed by atoms with Crippen LogP contribution in [0.5, 0.6) is 11.5 Å². The summed E-state index contributed by atoms with van der Waals surface area (Å²) >= 11 is 1.43. The number of carbonyl (C=O) groups excluding carboxylic acids is 1. The van der Waals surface area contributed by atoms with Crippen LogP contribution < -0.4 is 4.74 Å². The fourth-order valence-corrected chi connectivity index (χ4v) is 3.47. The summed E-state index contributed by atoms with van der Waals surface area (Å²) in [6.45, 7) is 2.08. The number of carbonyl (C=O) groups is 1. The van der Waals surface area contributed by atoms with E-state index in [1.54, 1.807) is 25.3 Å². The molecule has 2 aromatic carbocycles. The third-order valence-corrected chi connectivity index (χ3v) is 4.67. The molecule has 0 saturated heterocycles. The van der Waals surface area contributed by atoms with E-state index in [1.165, 1.54) is 24.5 Å². The highest BCUT2D eigenvalue weighted by atomic mass is 32.1. The molecule has 1 aromatic heterocycles.